The first-order valence-electron chi connectivity index (χ1n) is 14.6. The topological polar surface area (TPSA) is 18.5 Å². The van der Waals surface area contributed by atoms with E-state index in [4.69, 9.17) is 9.47 Å². The van der Waals surface area contributed by atoms with Gasteiger partial charge in [-0.05, 0) is 66.5 Å². The predicted molar refractivity (Wildman–Crippen MR) is 152 cm³/mol. The molecule has 1 aliphatic carbocycles. The van der Waals surface area contributed by atoms with E-state index < -0.39 is 11.6 Å². The predicted octanol–water partition coefficient (Wildman–Crippen LogP) is 10.4. The maximum absolute atomic E-state index is 15.0. The number of halogens is 3. The zero-order valence-corrected chi connectivity index (χ0v) is 23.3. The van der Waals surface area contributed by atoms with Crippen molar-refractivity contribution >= 4 is 0 Å². The second-order valence-corrected chi connectivity index (χ2v) is 11.0. The van der Waals surface area contributed by atoms with Crippen molar-refractivity contribution in [3.05, 3.63) is 83.2 Å². The molecular formula is C34H41F3O2. The minimum atomic E-state index is -0.805. The van der Waals surface area contributed by atoms with Gasteiger partial charge in [0.05, 0.1) is 6.61 Å². The van der Waals surface area contributed by atoms with E-state index >= 15 is 4.39 Å². The van der Waals surface area contributed by atoms with Gasteiger partial charge < -0.3 is 9.47 Å². The zero-order valence-electron chi connectivity index (χ0n) is 23.3. The Balaban J connectivity index is 1.29. The molecule has 210 valence electrons. The Bertz CT molecular complexity index is 1180. The number of unbranched alkanes of at least 4 members (excludes halogenated alkanes) is 5. The highest BCUT2D eigenvalue weighted by Gasteiger charge is 2.25. The fourth-order valence-corrected chi connectivity index (χ4v) is 5.37. The van der Waals surface area contributed by atoms with Crippen LogP contribution in [0, 0.1) is 23.4 Å². The van der Waals surface area contributed by atoms with E-state index in [1.165, 1.54) is 31.7 Å². The quantitative estimate of drug-likeness (QED) is 0.202. The van der Waals surface area contributed by atoms with Crippen LogP contribution < -0.4 is 9.47 Å². The van der Waals surface area contributed by atoms with Crippen molar-refractivity contribution in [2.24, 2.45) is 5.92 Å². The molecule has 1 saturated carbocycles. The van der Waals surface area contributed by atoms with Crippen molar-refractivity contribution in [2.45, 2.75) is 90.6 Å². The summed E-state index contributed by atoms with van der Waals surface area (Å²) in [5.41, 5.74) is 1.71. The first-order valence-corrected chi connectivity index (χ1v) is 14.6. The van der Waals surface area contributed by atoms with E-state index in [9.17, 15) is 8.78 Å². The number of rotatable bonds is 13. The molecule has 0 heterocycles. The van der Waals surface area contributed by atoms with Crippen molar-refractivity contribution in [1.82, 2.24) is 0 Å². The Kier molecular flexibility index (Phi) is 10.8. The molecule has 0 bridgehead atoms. The smallest absolute Gasteiger partial charge is 0.166 e. The van der Waals surface area contributed by atoms with Crippen molar-refractivity contribution in [3.8, 4) is 22.6 Å². The highest BCUT2D eigenvalue weighted by Crippen LogP contribution is 2.39. The second kappa shape index (κ2) is 14.4. The molecule has 0 saturated heterocycles. The molecule has 0 aromatic heterocycles. The van der Waals surface area contributed by atoms with Crippen LogP contribution in [0.5, 0.6) is 11.5 Å². The molecule has 2 nitrogen and oxygen atoms in total. The maximum Gasteiger partial charge on any atom is 0.166 e. The fraction of sp³-hybridized carbons (Fsp3) is 0.471. The summed E-state index contributed by atoms with van der Waals surface area (Å²) >= 11 is 0. The average molecular weight is 539 g/mol. The molecular weight excluding hydrogens is 497 g/mol. The van der Waals surface area contributed by atoms with Gasteiger partial charge in [-0.2, -0.15) is 0 Å². The number of benzene rings is 3. The lowest BCUT2D eigenvalue weighted by Gasteiger charge is -2.27. The van der Waals surface area contributed by atoms with Crippen molar-refractivity contribution in [3.63, 3.8) is 0 Å². The Hall–Kier alpha value is -2.95. The van der Waals surface area contributed by atoms with Crippen molar-refractivity contribution < 1.29 is 22.6 Å². The molecule has 0 atom stereocenters. The summed E-state index contributed by atoms with van der Waals surface area (Å²) in [4.78, 5) is 0. The summed E-state index contributed by atoms with van der Waals surface area (Å²) in [6, 6.07) is 15.0. The van der Waals surface area contributed by atoms with E-state index in [2.05, 4.69) is 13.8 Å². The van der Waals surface area contributed by atoms with Gasteiger partial charge in [0.25, 0.3) is 0 Å². The van der Waals surface area contributed by atoms with Gasteiger partial charge in [0.2, 0.25) is 0 Å². The van der Waals surface area contributed by atoms with E-state index in [0.717, 1.165) is 38.5 Å². The molecule has 39 heavy (non-hydrogen) atoms. The largest absolute Gasteiger partial charge is 0.493 e. The lowest BCUT2D eigenvalue weighted by molar-refractivity contribution is 0.293. The second-order valence-electron chi connectivity index (χ2n) is 11.0. The van der Waals surface area contributed by atoms with Crippen LogP contribution in [0.15, 0.2) is 54.6 Å². The lowest BCUT2D eigenvalue weighted by Crippen LogP contribution is -2.13. The van der Waals surface area contributed by atoms with Crippen LogP contribution in [0.4, 0.5) is 13.2 Å². The summed E-state index contributed by atoms with van der Waals surface area (Å²) in [6.07, 6.45) is 11.0. The first kappa shape index (κ1) is 29.0. The number of hydrogen-bond acceptors (Lipinski definition) is 2. The van der Waals surface area contributed by atoms with E-state index in [1.54, 1.807) is 48.5 Å². The van der Waals surface area contributed by atoms with E-state index in [0.29, 0.717) is 40.7 Å². The molecule has 0 N–H and O–H groups in total. The van der Waals surface area contributed by atoms with E-state index in [-0.39, 0.29) is 23.9 Å². The van der Waals surface area contributed by atoms with Crippen molar-refractivity contribution in [2.75, 3.05) is 6.61 Å². The maximum atomic E-state index is 15.0. The minimum absolute atomic E-state index is 0.0561. The highest BCUT2D eigenvalue weighted by molar-refractivity contribution is 5.65. The molecule has 0 spiro atoms. The van der Waals surface area contributed by atoms with Gasteiger partial charge >= 0.3 is 0 Å². The van der Waals surface area contributed by atoms with Crippen LogP contribution in [0.1, 0.15) is 95.1 Å². The van der Waals surface area contributed by atoms with Gasteiger partial charge in [0.15, 0.2) is 11.6 Å². The molecule has 0 radical (unpaired) electrons. The summed E-state index contributed by atoms with van der Waals surface area (Å²) < 4.78 is 56.1. The van der Waals surface area contributed by atoms with Crippen LogP contribution in [-0.2, 0) is 6.61 Å². The molecule has 1 fully saturated rings. The highest BCUT2D eigenvalue weighted by atomic mass is 19.2. The normalized spacial score (nSPS) is 17.3. The molecule has 3 aromatic carbocycles. The Morgan fingerprint density at radius 1 is 0.718 bits per heavy atom. The average Bonchev–Trinajstić information content (AvgIpc) is 2.94. The Morgan fingerprint density at radius 2 is 1.41 bits per heavy atom. The summed E-state index contributed by atoms with van der Waals surface area (Å²) in [6.45, 7) is 5.05. The van der Waals surface area contributed by atoms with Crippen LogP contribution in [-0.4, -0.2) is 6.61 Å². The van der Waals surface area contributed by atoms with Gasteiger partial charge in [-0.3, -0.25) is 0 Å². The third kappa shape index (κ3) is 8.03. The Labute approximate surface area is 231 Å². The van der Waals surface area contributed by atoms with E-state index in [1.807, 2.05) is 0 Å². The minimum Gasteiger partial charge on any atom is -0.493 e. The molecule has 0 amide bonds. The molecule has 1 aliphatic rings. The van der Waals surface area contributed by atoms with Crippen LogP contribution in [0.2, 0.25) is 0 Å². The Morgan fingerprint density at radius 3 is 2.13 bits per heavy atom. The van der Waals surface area contributed by atoms with Gasteiger partial charge in [0, 0.05) is 17.2 Å². The molecule has 0 unspecified atom stereocenters. The van der Waals surface area contributed by atoms with Crippen LogP contribution >= 0.6 is 0 Å². The monoisotopic (exact) mass is 538 g/mol. The third-order valence-electron chi connectivity index (χ3n) is 7.92. The van der Waals surface area contributed by atoms with Gasteiger partial charge in [-0.1, -0.05) is 83.1 Å². The van der Waals surface area contributed by atoms with Crippen molar-refractivity contribution in [1.29, 1.82) is 0 Å². The van der Waals surface area contributed by atoms with Gasteiger partial charge in [0.1, 0.15) is 23.9 Å². The molecule has 3 aromatic rings. The lowest BCUT2D eigenvalue weighted by atomic mass is 9.79. The standard InChI is InChI=1S/C34H41F3O2/c1-3-4-5-6-7-8-21-38-29-18-15-27(32(35)22-29)23-39-28-16-13-26(14-17-28)31-20-19-30(33(36)34(31)37)25-11-9-24(2)10-12-25/h13-20,22,24-25H,3-12,21,23H2,1-2H3. The third-order valence-corrected chi connectivity index (χ3v) is 7.92. The summed E-state index contributed by atoms with van der Waals surface area (Å²) in [5, 5.41) is 0. The molecule has 4 rings (SSSR count). The van der Waals surface area contributed by atoms with Crippen LogP contribution in [0.3, 0.4) is 0 Å². The zero-order chi connectivity index (χ0) is 27.6. The first-order chi connectivity index (χ1) is 19.0. The summed E-state index contributed by atoms with van der Waals surface area (Å²) in [7, 11) is 0. The number of hydrogen-bond donors (Lipinski definition) is 0. The summed E-state index contributed by atoms with van der Waals surface area (Å²) in [5.74, 6) is -0.136. The molecule has 5 heteroatoms. The molecule has 0 aliphatic heterocycles. The number of ether oxygens (including phenoxy) is 2. The van der Waals surface area contributed by atoms with Gasteiger partial charge in [-0.25, -0.2) is 13.2 Å². The fourth-order valence-electron chi connectivity index (χ4n) is 5.37. The van der Waals surface area contributed by atoms with Crippen LogP contribution in [0.25, 0.3) is 11.1 Å². The SMILES string of the molecule is CCCCCCCCOc1ccc(COc2ccc(-c3ccc(C4CCC(C)CC4)c(F)c3F)cc2)c(F)c1. The van der Waals surface area contributed by atoms with Gasteiger partial charge in [-0.15, -0.1) is 0 Å².